The molecule has 142 valence electrons. The third kappa shape index (κ3) is 3.54. The number of ether oxygens (including phenoxy) is 1. The van der Waals surface area contributed by atoms with Gasteiger partial charge < -0.3 is 15.0 Å². The Labute approximate surface area is 157 Å². The first-order chi connectivity index (χ1) is 12.7. The smallest absolute Gasteiger partial charge is 0.220 e. The van der Waals surface area contributed by atoms with Crippen molar-refractivity contribution in [2.75, 3.05) is 39.9 Å². The van der Waals surface area contributed by atoms with Crippen LogP contribution in [0.4, 0.5) is 0 Å². The molecule has 1 amide bonds. The van der Waals surface area contributed by atoms with Gasteiger partial charge in [-0.05, 0) is 73.6 Å². The fourth-order valence-corrected chi connectivity index (χ4v) is 5.47. The van der Waals surface area contributed by atoms with Crippen LogP contribution in [0.15, 0.2) is 24.3 Å². The number of hydrogen-bond acceptors (Lipinski definition) is 3. The van der Waals surface area contributed by atoms with Crippen LogP contribution in [0.2, 0.25) is 0 Å². The highest BCUT2D eigenvalue weighted by Gasteiger charge is 2.45. The molecule has 0 bridgehead atoms. The Morgan fingerprint density at radius 1 is 1.23 bits per heavy atom. The van der Waals surface area contributed by atoms with Crippen LogP contribution in [-0.4, -0.2) is 50.7 Å². The summed E-state index contributed by atoms with van der Waals surface area (Å²) in [5, 5.41) is 2.81. The van der Waals surface area contributed by atoms with Crippen molar-refractivity contribution in [1.29, 1.82) is 0 Å². The fraction of sp³-hybridized carbons (Fsp3) is 0.682. The Morgan fingerprint density at radius 2 is 1.96 bits per heavy atom. The first kappa shape index (κ1) is 18.0. The van der Waals surface area contributed by atoms with Gasteiger partial charge in [-0.15, -0.1) is 0 Å². The third-order valence-corrected chi connectivity index (χ3v) is 6.99. The van der Waals surface area contributed by atoms with E-state index in [0.29, 0.717) is 17.8 Å². The Kier molecular flexibility index (Phi) is 5.32. The van der Waals surface area contributed by atoms with E-state index in [-0.39, 0.29) is 5.91 Å². The summed E-state index contributed by atoms with van der Waals surface area (Å²) in [6, 6.07) is 8.89. The maximum Gasteiger partial charge on any atom is 0.220 e. The predicted molar refractivity (Wildman–Crippen MR) is 103 cm³/mol. The lowest BCUT2D eigenvalue weighted by Crippen LogP contribution is -2.44. The molecule has 1 atom stereocenters. The van der Waals surface area contributed by atoms with Crippen LogP contribution in [0.3, 0.4) is 0 Å². The molecule has 1 aliphatic carbocycles. The van der Waals surface area contributed by atoms with E-state index in [1.165, 1.54) is 56.4 Å². The molecule has 2 heterocycles. The van der Waals surface area contributed by atoms with Crippen molar-refractivity contribution in [2.45, 2.75) is 49.9 Å². The second kappa shape index (κ2) is 7.69. The lowest BCUT2D eigenvalue weighted by atomic mass is 9.73. The van der Waals surface area contributed by atoms with Gasteiger partial charge in [-0.2, -0.15) is 0 Å². The molecule has 1 spiro atoms. The Bertz CT molecular complexity index is 631. The molecule has 1 N–H and O–H groups in total. The zero-order valence-corrected chi connectivity index (χ0v) is 16.0. The minimum atomic E-state index is 0.166. The average Bonchev–Trinajstić information content (AvgIpc) is 2.98. The van der Waals surface area contributed by atoms with Gasteiger partial charge in [0.1, 0.15) is 0 Å². The number of carbonyl (C=O) groups excluding carboxylic acids is 1. The molecule has 1 aromatic carbocycles. The number of benzene rings is 1. The number of hydrogen-bond donors (Lipinski definition) is 1. The molecule has 0 aromatic heterocycles. The average molecular weight is 357 g/mol. The van der Waals surface area contributed by atoms with Crippen LogP contribution in [0.1, 0.15) is 55.6 Å². The summed E-state index contributed by atoms with van der Waals surface area (Å²) in [6.07, 6.45) is 6.68. The van der Waals surface area contributed by atoms with Crippen molar-refractivity contribution in [3.63, 3.8) is 0 Å². The van der Waals surface area contributed by atoms with Gasteiger partial charge in [0.25, 0.3) is 0 Å². The van der Waals surface area contributed by atoms with Gasteiger partial charge in [-0.3, -0.25) is 4.79 Å². The van der Waals surface area contributed by atoms with Crippen molar-refractivity contribution < 1.29 is 9.53 Å². The highest BCUT2D eigenvalue weighted by atomic mass is 16.5. The van der Waals surface area contributed by atoms with Gasteiger partial charge in [0.15, 0.2) is 0 Å². The van der Waals surface area contributed by atoms with Crippen LogP contribution in [-0.2, 0) is 14.9 Å². The molecule has 4 heteroatoms. The molecule has 26 heavy (non-hydrogen) atoms. The number of nitrogens with zero attached hydrogens (tertiary/aromatic N) is 1. The van der Waals surface area contributed by atoms with E-state index >= 15 is 0 Å². The van der Waals surface area contributed by atoms with Gasteiger partial charge in [-0.25, -0.2) is 0 Å². The van der Waals surface area contributed by atoms with Crippen molar-refractivity contribution in [2.24, 2.45) is 5.92 Å². The summed E-state index contributed by atoms with van der Waals surface area (Å²) < 4.78 is 5.51. The fourth-order valence-electron chi connectivity index (χ4n) is 5.47. The maximum absolute atomic E-state index is 12.0. The number of rotatable bonds is 4. The van der Waals surface area contributed by atoms with Crippen molar-refractivity contribution >= 4 is 5.91 Å². The normalized spacial score (nSPS) is 26.0. The zero-order chi connectivity index (χ0) is 18.0. The molecule has 4 rings (SSSR count). The Hall–Kier alpha value is -1.39. The third-order valence-electron chi connectivity index (χ3n) is 6.99. The first-order valence-electron chi connectivity index (χ1n) is 10.3. The summed E-state index contributed by atoms with van der Waals surface area (Å²) >= 11 is 0. The summed E-state index contributed by atoms with van der Waals surface area (Å²) in [6.45, 7) is 5.51. The molecule has 3 aliphatic rings. The quantitative estimate of drug-likeness (QED) is 0.901. The summed E-state index contributed by atoms with van der Waals surface area (Å²) in [4.78, 5) is 14.7. The van der Waals surface area contributed by atoms with E-state index in [4.69, 9.17) is 4.74 Å². The minimum absolute atomic E-state index is 0.166. The molecule has 4 nitrogen and oxygen atoms in total. The molecule has 1 unspecified atom stereocenters. The molecule has 0 saturated carbocycles. The standard InChI is InChI=1S/C22H32N2O2/c1-23-21(25)14-18-15-22(20-5-3-2-4-19(18)20)8-10-24(11-9-22)16-17-6-12-26-13-7-17/h2-5,17-18H,6-16H2,1H3,(H,23,25). The van der Waals surface area contributed by atoms with Gasteiger partial charge in [0.05, 0.1) is 0 Å². The van der Waals surface area contributed by atoms with E-state index in [1.807, 2.05) is 0 Å². The molecular formula is C22H32N2O2. The number of carbonyl (C=O) groups is 1. The van der Waals surface area contributed by atoms with Gasteiger partial charge >= 0.3 is 0 Å². The predicted octanol–water partition coefficient (Wildman–Crippen LogP) is 3.07. The zero-order valence-electron chi connectivity index (χ0n) is 16.0. The lowest BCUT2D eigenvalue weighted by Gasteiger charge is -2.42. The minimum Gasteiger partial charge on any atom is -0.381 e. The maximum atomic E-state index is 12.0. The topological polar surface area (TPSA) is 41.6 Å². The summed E-state index contributed by atoms with van der Waals surface area (Å²) in [5.74, 6) is 1.36. The molecule has 0 radical (unpaired) electrons. The largest absolute Gasteiger partial charge is 0.381 e. The van der Waals surface area contributed by atoms with E-state index in [1.54, 1.807) is 7.05 Å². The van der Waals surface area contributed by atoms with Crippen molar-refractivity contribution in [3.05, 3.63) is 35.4 Å². The Balaban J connectivity index is 1.43. The van der Waals surface area contributed by atoms with E-state index in [2.05, 4.69) is 34.5 Å². The number of likely N-dealkylation sites (tertiary alicyclic amines) is 1. The SMILES string of the molecule is CNC(=O)CC1CC2(CCN(CC3CCOCC3)CC2)c2ccccc21. The van der Waals surface area contributed by atoms with Crippen LogP contribution in [0.5, 0.6) is 0 Å². The van der Waals surface area contributed by atoms with E-state index < -0.39 is 0 Å². The van der Waals surface area contributed by atoms with Crippen molar-refractivity contribution in [3.8, 4) is 0 Å². The van der Waals surface area contributed by atoms with Crippen LogP contribution in [0, 0.1) is 5.92 Å². The molecule has 2 fully saturated rings. The van der Waals surface area contributed by atoms with E-state index in [0.717, 1.165) is 25.6 Å². The Morgan fingerprint density at radius 3 is 2.69 bits per heavy atom. The van der Waals surface area contributed by atoms with Crippen LogP contribution < -0.4 is 5.32 Å². The van der Waals surface area contributed by atoms with Crippen LogP contribution in [0.25, 0.3) is 0 Å². The second-order valence-corrected chi connectivity index (χ2v) is 8.50. The summed E-state index contributed by atoms with van der Waals surface area (Å²) in [7, 11) is 1.74. The first-order valence-corrected chi connectivity index (χ1v) is 10.3. The highest BCUT2D eigenvalue weighted by molar-refractivity contribution is 5.77. The van der Waals surface area contributed by atoms with Crippen LogP contribution >= 0.6 is 0 Å². The van der Waals surface area contributed by atoms with Gasteiger partial charge in [-0.1, -0.05) is 24.3 Å². The van der Waals surface area contributed by atoms with Gasteiger partial charge in [0, 0.05) is 33.2 Å². The van der Waals surface area contributed by atoms with Crippen molar-refractivity contribution in [1.82, 2.24) is 10.2 Å². The van der Waals surface area contributed by atoms with E-state index in [9.17, 15) is 4.79 Å². The monoisotopic (exact) mass is 356 g/mol. The molecular weight excluding hydrogens is 324 g/mol. The molecule has 1 aromatic rings. The lowest BCUT2D eigenvalue weighted by molar-refractivity contribution is -0.121. The summed E-state index contributed by atoms with van der Waals surface area (Å²) in [5.41, 5.74) is 3.25. The number of nitrogens with one attached hydrogen (secondary N) is 1. The second-order valence-electron chi connectivity index (χ2n) is 8.50. The number of piperidine rings is 1. The number of fused-ring (bicyclic) bond motifs is 2. The highest BCUT2D eigenvalue weighted by Crippen LogP contribution is 2.52. The molecule has 2 saturated heterocycles. The number of amides is 1. The van der Waals surface area contributed by atoms with Gasteiger partial charge in [0.2, 0.25) is 5.91 Å². The molecule has 2 aliphatic heterocycles.